The van der Waals surface area contributed by atoms with Crippen molar-refractivity contribution in [3.63, 3.8) is 0 Å². The summed E-state index contributed by atoms with van der Waals surface area (Å²) in [6.45, 7) is 3.26. The molecule has 3 atom stereocenters. The first-order chi connectivity index (χ1) is 10.1. The second kappa shape index (κ2) is 7.87. The lowest BCUT2D eigenvalue weighted by molar-refractivity contribution is -0.121. The van der Waals surface area contributed by atoms with E-state index in [9.17, 15) is 9.18 Å². The summed E-state index contributed by atoms with van der Waals surface area (Å²) in [7, 11) is 0. The molecule has 0 aromatic heterocycles. The summed E-state index contributed by atoms with van der Waals surface area (Å²) >= 11 is 3.21. The summed E-state index contributed by atoms with van der Waals surface area (Å²) in [4.78, 5) is 11.4. The molecule has 0 aliphatic carbocycles. The van der Waals surface area contributed by atoms with Crippen LogP contribution in [0, 0.1) is 5.82 Å². The second-order valence-electron chi connectivity index (χ2n) is 5.03. The molecule has 116 valence electrons. The number of carbonyl (C=O) groups is 1. The Kier molecular flexibility index (Phi) is 6.14. The molecule has 2 rings (SSSR count). The summed E-state index contributed by atoms with van der Waals surface area (Å²) in [6, 6.07) is 6.26. The molecule has 0 radical (unpaired) electrons. The van der Waals surface area contributed by atoms with Gasteiger partial charge < -0.3 is 14.8 Å². The number of alkyl halides is 1. The molecule has 1 aromatic rings. The smallest absolute Gasteiger partial charge is 0.233 e. The zero-order valence-electron chi connectivity index (χ0n) is 11.9. The topological polar surface area (TPSA) is 47.6 Å². The largest absolute Gasteiger partial charge is 0.379 e. The molecule has 1 fully saturated rings. The molecular weight excluding hydrogens is 341 g/mol. The van der Waals surface area contributed by atoms with E-state index >= 15 is 0 Å². The van der Waals surface area contributed by atoms with Gasteiger partial charge in [0, 0.05) is 13.2 Å². The number of amides is 1. The number of hydrogen-bond donors (Lipinski definition) is 1. The number of hydrogen-bond acceptors (Lipinski definition) is 3. The lowest BCUT2D eigenvalue weighted by atomic mass is 10.1. The van der Waals surface area contributed by atoms with E-state index in [0.29, 0.717) is 25.3 Å². The highest BCUT2D eigenvalue weighted by atomic mass is 79.9. The highest BCUT2D eigenvalue weighted by Gasteiger charge is 2.23. The van der Waals surface area contributed by atoms with Crippen molar-refractivity contribution in [2.75, 3.05) is 19.8 Å². The summed E-state index contributed by atoms with van der Waals surface area (Å²) in [5.74, 6) is -0.438. The Morgan fingerprint density at radius 1 is 1.62 bits per heavy atom. The molecule has 0 spiro atoms. The van der Waals surface area contributed by atoms with Gasteiger partial charge in [-0.25, -0.2) is 4.39 Å². The van der Waals surface area contributed by atoms with Gasteiger partial charge in [0.25, 0.3) is 0 Å². The van der Waals surface area contributed by atoms with Crippen molar-refractivity contribution in [2.45, 2.75) is 30.4 Å². The van der Waals surface area contributed by atoms with E-state index in [4.69, 9.17) is 9.47 Å². The molecule has 1 N–H and O–H groups in total. The second-order valence-corrected chi connectivity index (χ2v) is 6.40. The minimum absolute atomic E-state index is 0.0171. The van der Waals surface area contributed by atoms with Crippen LogP contribution in [0.1, 0.15) is 25.0 Å². The lowest BCUT2D eigenvalue weighted by Crippen LogP contribution is -2.35. The van der Waals surface area contributed by atoms with E-state index in [1.54, 1.807) is 19.1 Å². The molecule has 0 bridgehead atoms. The SMILES string of the molecule is C[C@H](Br)C(=O)NC[C@H](O[C@H]1CCOC1)c1cccc(F)c1. The van der Waals surface area contributed by atoms with E-state index in [1.807, 2.05) is 0 Å². The van der Waals surface area contributed by atoms with Gasteiger partial charge in [-0.05, 0) is 31.0 Å². The van der Waals surface area contributed by atoms with Crippen LogP contribution < -0.4 is 5.32 Å². The Labute approximate surface area is 132 Å². The Hall–Kier alpha value is -0.980. The first-order valence-electron chi connectivity index (χ1n) is 6.96. The fraction of sp³-hybridized carbons (Fsp3) is 0.533. The van der Waals surface area contributed by atoms with Gasteiger partial charge in [0.1, 0.15) is 11.9 Å². The fourth-order valence-electron chi connectivity index (χ4n) is 2.14. The van der Waals surface area contributed by atoms with Gasteiger partial charge in [0.05, 0.1) is 17.5 Å². The summed E-state index contributed by atoms with van der Waals surface area (Å²) in [6.07, 6.45) is 0.411. The standard InChI is InChI=1S/C15H19BrFNO3/c1-10(16)15(19)18-8-14(21-13-5-6-20-9-13)11-3-2-4-12(17)7-11/h2-4,7,10,13-14H,5-6,8-9H2,1H3,(H,18,19)/t10-,13-,14-/m0/s1. The van der Waals surface area contributed by atoms with Gasteiger partial charge in [-0.2, -0.15) is 0 Å². The van der Waals surface area contributed by atoms with E-state index in [0.717, 1.165) is 6.42 Å². The number of halogens is 2. The van der Waals surface area contributed by atoms with Gasteiger partial charge in [-0.1, -0.05) is 28.1 Å². The van der Waals surface area contributed by atoms with Crippen molar-refractivity contribution in [3.8, 4) is 0 Å². The quantitative estimate of drug-likeness (QED) is 0.794. The first-order valence-corrected chi connectivity index (χ1v) is 7.88. The zero-order valence-corrected chi connectivity index (χ0v) is 13.4. The Balaban J connectivity index is 2.04. The fourth-order valence-corrected chi connectivity index (χ4v) is 2.30. The van der Waals surface area contributed by atoms with Gasteiger partial charge in [-0.3, -0.25) is 4.79 Å². The minimum atomic E-state index is -0.386. The molecule has 1 aliphatic heterocycles. The zero-order chi connectivity index (χ0) is 15.2. The normalized spacial score (nSPS) is 21.0. The van der Waals surface area contributed by atoms with Crippen LogP contribution in [0.5, 0.6) is 0 Å². The van der Waals surface area contributed by atoms with Crippen LogP contribution in [0.25, 0.3) is 0 Å². The average Bonchev–Trinajstić information content (AvgIpc) is 2.95. The lowest BCUT2D eigenvalue weighted by Gasteiger charge is -2.22. The third-order valence-corrected chi connectivity index (χ3v) is 3.70. The molecule has 1 aliphatic rings. The van der Waals surface area contributed by atoms with Gasteiger partial charge >= 0.3 is 0 Å². The third kappa shape index (κ3) is 5.05. The number of nitrogens with one attached hydrogen (secondary N) is 1. The molecule has 0 unspecified atom stereocenters. The maximum Gasteiger partial charge on any atom is 0.233 e. The van der Waals surface area contributed by atoms with Crippen LogP contribution in [0.3, 0.4) is 0 Å². The third-order valence-electron chi connectivity index (χ3n) is 3.29. The number of ether oxygens (including phenoxy) is 2. The molecule has 1 amide bonds. The van der Waals surface area contributed by atoms with Crippen molar-refractivity contribution >= 4 is 21.8 Å². The Bertz CT molecular complexity index is 478. The highest BCUT2D eigenvalue weighted by molar-refractivity contribution is 9.10. The van der Waals surface area contributed by atoms with Crippen LogP contribution in [-0.2, 0) is 14.3 Å². The van der Waals surface area contributed by atoms with E-state index in [-0.39, 0.29) is 28.8 Å². The van der Waals surface area contributed by atoms with Crippen molar-refractivity contribution in [2.24, 2.45) is 0 Å². The summed E-state index contributed by atoms with van der Waals surface area (Å²) in [5.41, 5.74) is 0.712. The number of benzene rings is 1. The Morgan fingerprint density at radius 2 is 2.43 bits per heavy atom. The van der Waals surface area contributed by atoms with Gasteiger partial charge in [0.2, 0.25) is 5.91 Å². The van der Waals surface area contributed by atoms with Gasteiger partial charge in [-0.15, -0.1) is 0 Å². The average molecular weight is 360 g/mol. The van der Waals surface area contributed by atoms with Crippen molar-refractivity contribution in [1.29, 1.82) is 0 Å². The predicted octanol–water partition coefficient (Wildman–Crippen LogP) is 2.57. The molecule has 6 heteroatoms. The highest BCUT2D eigenvalue weighted by Crippen LogP contribution is 2.22. The monoisotopic (exact) mass is 359 g/mol. The summed E-state index contributed by atoms with van der Waals surface area (Å²) in [5, 5.41) is 2.80. The maximum atomic E-state index is 13.4. The van der Waals surface area contributed by atoms with Crippen LogP contribution >= 0.6 is 15.9 Å². The maximum absolute atomic E-state index is 13.4. The van der Waals surface area contributed by atoms with Crippen molar-refractivity contribution in [3.05, 3.63) is 35.6 Å². The number of carbonyl (C=O) groups excluding carboxylic acids is 1. The van der Waals surface area contributed by atoms with Gasteiger partial charge in [0.15, 0.2) is 0 Å². The van der Waals surface area contributed by atoms with E-state index < -0.39 is 0 Å². The molecule has 1 heterocycles. The van der Waals surface area contributed by atoms with Crippen molar-refractivity contribution in [1.82, 2.24) is 5.32 Å². The molecule has 21 heavy (non-hydrogen) atoms. The van der Waals surface area contributed by atoms with E-state index in [2.05, 4.69) is 21.2 Å². The van der Waals surface area contributed by atoms with Crippen LogP contribution in [0.15, 0.2) is 24.3 Å². The van der Waals surface area contributed by atoms with Crippen LogP contribution in [0.2, 0.25) is 0 Å². The van der Waals surface area contributed by atoms with Crippen LogP contribution in [-0.4, -0.2) is 36.6 Å². The Morgan fingerprint density at radius 3 is 3.05 bits per heavy atom. The minimum Gasteiger partial charge on any atom is -0.379 e. The first kappa shape index (κ1) is 16.4. The van der Waals surface area contributed by atoms with Crippen LogP contribution in [0.4, 0.5) is 4.39 Å². The predicted molar refractivity (Wildman–Crippen MR) is 80.8 cm³/mol. The molecule has 4 nitrogen and oxygen atoms in total. The molecule has 1 saturated heterocycles. The molecule has 1 aromatic carbocycles. The number of rotatable bonds is 6. The van der Waals surface area contributed by atoms with Crippen molar-refractivity contribution < 1.29 is 18.7 Å². The molecular formula is C15H19BrFNO3. The summed E-state index contributed by atoms with van der Waals surface area (Å²) < 4.78 is 24.6. The molecule has 0 saturated carbocycles. The van der Waals surface area contributed by atoms with E-state index in [1.165, 1.54) is 12.1 Å².